The smallest absolute Gasteiger partial charge is 0.266 e. The van der Waals surface area contributed by atoms with Gasteiger partial charge in [-0.3, -0.25) is 0 Å². The number of terminal acetylenes is 1. The third-order valence-corrected chi connectivity index (χ3v) is 5.95. The van der Waals surface area contributed by atoms with Crippen molar-refractivity contribution in [3.63, 3.8) is 0 Å². The Bertz CT molecular complexity index is 1320. The van der Waals surface area contributed by atoms with Gasteiger partial charge in [0.15, 0.2) is 11.3 Å². The largest absolute Gasteiger partial charge is 0.348 e. The zero-order valence-electron chi connectivity index (χ0n) is 19.0. The summed E-state index contributed by atoms with van der Waals surface area (Å²) in [7, 11) is 0. The summed E-state index contributed by atoms with van der Waals surface area (Å²) >= 11 is 0. The molecule has 0 aliphatic carbocycles. The molecule has 0 atom stereocenters. The average molecular weight is 450 g/mol. The van der Waals surface area contributed by atoms with Gasteiger partial charge in [-0.05, 0) is 18.6 Å². The van der Waals surface area contributed by atoms with Crippen LogP contribution in [-0.2, 0) is 17.6 Å². The van der Waals surface area contributed by atoms with E-state index in [-0.39, 0.29) is 24.9 Å². The Hall–Kier alpha value is -3.48. The lowest BCUT2D eigenvalue weighted by Gasteiger charge is -2.21. The number of alkyl halides is 2. The van der Waals surface area contributed by atoms with Crippen LogP contribution >= 0.6 is 0 Å². The molecule has 33 heavy (non-hydrogen) atoms. The van der Waals surface area contributed by atoms with Gasteiger partial charge in [0.1, 0.15) is 5.82 Å². The second-order valence-corrected chi connectivity index (χ2v) is 9.75. The molecule has 2 aliphatic rings. The molecule has 0 radical (unpaired) electrons. The van der Waals surface area contributed by atoms with Crippen molar-refractivity contribution in [3.8, 4) is 12.3 Å². The predicted octanol–water partition coefficient (Wildman–Crippen LogP) is 4.03. The van der Waals surface area contributed by atoms with Gasteiger partial charge in [-0.15, -0.1) is 16.6 Å². The fourth-order valence-corrected chi connectivity index (χ4v) is 4.04. The van der Waals surface area contributed by atoms with Crippen molar-refractivity contribution in [2.45, 2.75) is 57.7 Å². The number of rotatable bonds is 4. The Kier molecular flexibility index (Phi) is 4.54. The normalized spacial score (nSPS) is 18.6. The van der Waals surface area contributed by atoms with Gasteiger partial charge in [-0.1, -0.05) is 38.8 Å². The number of halogens is 2. The fourth-order valence-electron chi connectivity index (χ4n) is 4.04. The Morgan fingerprint density at radius 1 is 1.15 bits per heavy atom. The number of hydrogen-bond acceptors (Lipinski definition) is 7. The van der Waals surface area contributed by atoms with Crippen molar-refractivity contribution in [1.82, 2.24) is 25.0 Å². The quantitative estimate of drug-likeness (QED) is 0.561. The summed E-state index contributed by atoms with van der Waals surface area (Å²) in [5.41, 5.74) is 2.18. The van der Waals surface area contributed by atoms with Gasteiger partial charge < -0.3 is 4.90 Å². The lowest BCUT2D eigenvalue weighted by atomic mass is 9.94. The average Bonchev–Trinajstić information content (AvgIpc) is 3.19. The Balaban J connectivity index is 1.61. The number of fused-ring (bicyclic) bond motifs is 1. The van der Waals surface area contributed by atoms with Crippen LogP contribution in [0.5, 0.6) is 0 Å². The molecule has 2 aliphatic heterocycles. The second kappa shape index (κ2) is 7.01. The molecule has 10 heteroatoms. The van der Waals surface area contributed by atoms with Gasteiger partial charge >= 0.3 is 0 Å². The van der Waals surface area contributed by atoms with Crippen LogP contribution in [0.3, 0.4) is 0 Å². The molecule has 4 heterocycles. The topological polar surface area (TPSA) is 84.4 Å². The van der Waals surface area contributed by atoms with Crippen LogP contribution in [0.2, 0.25) is 0 Å². The van der Waals surface area contributed by atoms with Crippen molar-refractivity contribution >= 4 is 17.0 Å². The lowest BCUT2D eigenvalue weighted by molar-refractivity contribution is 0.0257. The third kappa shape index (κ3) is 3.81. The summed E-state index contributed by atoms with van der Waals surface area (Å²) < 4.78 is 28.0. The monoisotopic (exact) mass is 450 g/mol. The van der Waals surface area contributed by atoms with E-state index < -0.39 is 18.1 Å². The maximum Gasteiger partial charge on any atom is 0.266 e. The van der Waals surface area contributed by atoms with Crippen molar-refractivity contribution < 1.29 is 8.78 Å². The van der Waals surface area contributed by atoms with Crippen molar-refractivity contribution in [2.75, 3.05) is 18.0 Å². The minimum absolute atomic E-state index is 0.195. The SMILES string of the molecule is C#Cc1cccc(C2(C)N=N2)c1Cn1nc2nc(C(C)(C)C)nc(N3CCC(F)(F)C3)c2n1. The molecule has 3 aromatic rings. The van der Waals surface area contributed by atoms with Gasteiger partial charge in [0.05, 0.1) is 13.1 Å². The highest BCUT2D eigenvalue weighted by Gasteiger charge is 2.41. The minimum Gasteiger partial charge on any atom is -0.348 e. The van der Waals surface area contributed by atoms with Crippen LogP contribution in [0.1, 0.15) is 56.6 Å². The van der Waals surface area contributed by atoms with E-state index in [1.807, 2.05) is 45.9 Å². The molecule has 1 fully saturated rings. The van der Waals surface area contributed by atoms with Gasteiger partial charge in [-0.25, -0.2) is 18.7 Å². The number of nitrogens with zero attached hydrogens (tertiary/aromatic N) is 8. The molecule has 170 valence electrons. The molecule has 0 bridgehead atoms. The van der Waals surface area contributed by atoms with E-state index in [2.05, 4.69) is 36.3 Å². The minimum atomic E-state index is -2.76. The highest BCUT2D eigenvalue weighted by molar-refractivity contribution is 5.83. The first-order valence-corrected chi connectivity index (χ1v) is 10.8. The Labute approximate surface area is 190 Å². The maximum absolute atomic E-state index is 14.0. The predicted molar refractivity (Wildman–Crippen MR) is 119 cm³/mol. The van der Waals surface area contributed by atoms with Crippen LogP contribution in [0.15, 0.2) is 28.4 Å². The molecular weight excluding hydrogens is 426 g/mol. The third-order valence-electron chi connectivity index (χ3n) is 5.95. The van der Waals surface area contributed by atoms with Crippen LogP contribution in [0, 0.1) is 12.3 Å². The number of anilines is 1. The number of benzene rings is 1. The van der Waals surface area contributed by atoms with Crippen LogP contribution in [0.25, 0.3) is 11.2 Å². The van der Waals surface area contributed by atoms with Crippen LogP contribution in [-0.4, -0.2) is 44.0 Å². The highest BCUT2D eigenvalue weighted by Crippen LogP contribution is 2.41. The number of aromatic nitrogens is 5. The fraction of sp³-hybridized carbons (Fsp3) is 0.478. The molecule has 0 spiro atoms. The van der Waals surface area contributed by atoms with Crippen LogP contribution < -0.4 is 4.90 Å². The summed E-state index contributed by atoms with van der Waals surface area (Å²) in [6.07, 6.45) is 5.53. The zero-order chi connectivity index (χ0) is 23.6. The maximum atomic E-state index is 14.0. The second-order valence-electron chi connectivity index (χ2n) is 9.75. The number of hydrogen-bond donors (Lipinski definition) is 0. The van der Waals surface area contributed by atoms with E-state index in [1.54, 1.807) is 4.90 Å². The summed E-state index contributed by atoms with van der Waals surface area (Å²) in [6.45, 7) is 7.89. The van der Waals surface area contributed by atoms with Crippen molar-refractivity contribution in [3.05, 3.63) is 40.7 Å². The molecule has 8 nitrogen and oxygen atoms in total. The van der Waals surface area contributed by atoms with Gasteiger partial charge in [0.25, 0.3) is 5.92 Å². The van der Waals surface area contributed by atoms with Crippen LogP contribution in [0.4, 0.5) is 14.6 Å². The molecule has 0 amide bonds. The molecule has 0 saturated carbocycles. The first kappa shape index (κ1) is 21.4. The Morgan fingerprint density at radius 2 is 1.91 bits per heavy atom. The molecule has 0 unspecified atom stereocenters. The summed E-state index contributed by atoms with van der Waals surface area (Å²) in [6, 6.07) is 5.67. The molecule has 1 saturated heterocycles. The first-order valence-electron chi connectivity index (χ1n) is 10.8. The van der Waals surface area contributed by atoms with E-state index in [9.17, 15) is 8.78 Å². The van der Waals surface area contributed by atoms with Gasteiger partial charge in [-0.2, -0.15) is 15.0 Å². The highest BCUT2D eigenvalue weighted by atomic mass is 19.3. The molecular formula is C23H24F2N8. The van der Waals surface area contributed by atoms with E-state index in [0.717, 1.165) is 11.1 Å². The lowest BCUT2D eigenvalue weighted by Crippen LogP contribution is -2.27. The molecule has 0 N–H and O–H groups in total. The van der Waals surface area contributed by atoms with Gasteiger partial charge in [0.2, 0.25) is 11.3 Å². The van der Waals surface area contributed by atoms with Gasteiger partial charge in [0, 0.05) is 29.5 Å². The Morgan fingerprint density at radius 3 is 2.52 bits per heavy atom. The summed E-state index contributed by atoms with van der Waals surface area (Å²) in [5.74, 6) is 0.866. The first-order chi connectivity index (χ1) is 15.5. The van der Waals surface area contributed by atoms with E-state index in [4.69, 9.17) is 6.42 Å². The molecule has 5 rings (SSSR count). The zero-order valence-corrected chi connectivity index (χ0v) is 19.0. The standard InChI is InChI=1S/C23H24F2N8/c1-6-14-8-7-9-16(22(5)30-31-22)15(14)12-33-28-17-18(29-33)26-20(21(2,3)4)27-19(17)32-11-10-23(24,25)13-32/h1,7-9H,10-13H2,2-5H3. The van der Waals surface area contributed by atoms with E-state index in [1.165, 1.54) is 4.80 Å². The molecule has 1 aromatic carbocycles. The van der Waals surface area contributed by atoms with Crippen molar-refractivity contribution in [1.29, 1.82) is 0 Å². The summed E-state index contributed by atoms with van der Waals surface area (Å²) in [5, 5.41) is 17.5. The summed E-state index contributed by atoms with van der Waals surface area (Å²) in [4.78, 5) is 12.3. The molecule has 2 aromatic heterocycles. The van der Waals surface area contributed by atoms with Crippen molar-refractivity contribution in [2.24, 2.45) is 10.2 Å². The van der Waals surface area contributed by atoms with E-state index in [0.29, 0.717) is 28.4 Å². The van der Waals surface area contributed by atoms with E-state index >= 15 is 0 Å².